The van der Waals surface area contributed by atoms with Gasteiger partial charge in [-0.2, -0.15) is 13.2 Å². The third kappa shape index (κ3) is 4.65. The van der Waals surface area contributed by atoms with E-state index in [1.54, 1.807) is 0 Å². The minimum atomic E-state index is -4.58. The Bertz CT molecular complexity index is 582. The summed E-state index contributed by atoms with van der Waals surface area (Å²) in [5, 5.41) is 3.24. The highest BCUT2D eigenvalue weighted by molar-refractivity contribution is 7.89. The van der Waals surface area contributed by atoms with Crippen molar-refractivity contribution in [2.75, 3.05) is 19.6 Å². The fraction of sp³-hybridized carbons (Fsp3) is 0.615. The molecule has 0 spiro atoms. The molecule has 1 aliphatic heterocycles. The molecule has 9 heteroatoms. The van der Waals surface area contributed by atoms with Crippen molar-refractivity contribution in [1.82, 2.24) is 15.0 Å². The van der Waals surface area contributed by atoms with Crippen molar-refractivity contribution in [3.63, 3.8) is 0 Å². The van der Waals surface area contributed by atoms with Crippen LogP contribution >= 0.6 is 0 Å². The van der Waals surface area contributed by atoms with Gasteiger partial charge in [0.15, 0.2) is 0 Å². The Morgan fingerprint density at radius 1 is 1.36 bits per heavy atom. The van der Waals surface area contributed by atoms with E-state index in [4.69, 9.17) is 0 Å². The summed E-state index contributed by atoms with van der Waals surface area (Å²) in [4.78, 5) is 2.90. The molecule has 1 aromatic rings. The summed E-state index contributed by atoms with van der Waals surface area (Å²) in [6.07, 6.45) is -1.03. The van der Waals surface area contributed by atoms with Crippen LogP contribution in [0.2, 0.25) is 0 Å². The zero-order chi connectivity index (χ0) is 16.2. The van der Waals surface area contributed by atoms with E-state index < -0.39 is 21.9 Å². The van der Waals surface area contributed by atoms with Crippen LogP contribution in [0.25, 0.3) is 0 Å². The van der Waals surface area contributed by atoms with Crippen molar-refractivity contribution >= 4 is 10.0 Å². The molecule has 0 bridgehead atoms. The Kier molecular flexibility index (Phi) is 5.41. The first kappa shape index (κ1) is 17.2. The predicted molar refractivity (Wildman–Crippen MR) is 74.6 cm³/mol. The van der Waals surface area contributed by atoms with Gasteiger partial charge in [0.1, 0.15) is 10.6 Å². The highest BCUT2D eigenvalue weighted by atomic mass is 32.2. The average Bonchev–Trinajstić information content (AvgIpc) is 2.47. The zero-order valence-electron chi connectivity index (χ0n) is 11.9. The van der Waals surface area contributed by atoms with Gasteiger partial charge in [0.05, 0.1) is 0 Å². The normalized spacial score (nSPS) is 20.0. The zero-order valence-corrected chi connectivity index (χ0v) is 12.7. The lowest BCUT2D eigenvalue weighted by Gasteiger charge is -2.22. The summed E-state index contributed by atoms with van der Waals surface area (Å²) in [5.41, 5.74) is -1.11. The Morgan fingerprint density at radius 2 is 2.14 bits per heavy atom. The fourth-order valence-corrected chi connectivity index (χ4v) is 3.35. The largest absolute Gasteiger partial charge is 0.433 e. The maximum atomic E-state index is 12.4. The third-order valence-corrected chi connectivity index (χ3v) is 5.03. The fourth-order valence-electron chi connectivity index (χ4n) is 2.36. The molecule has 124 valence electrons. The Morgan fingerprint density at radius 3 is 2.68 bits per heavy atom. The van der Waals surface area contributed by atoms with E-state index in [9.17, 15) is 21.6 Å². The third-order valence-electron chi connectivity index (χ3n) is 3.58. The van der Waals surface area contributed by atoms with Crippen LogP contribution in [-0.4, -0.2) is 33.0 Å². The molecular weight excluding hydrogens is 319 g/mol. The quantitative estimate of drug-likeness (QED) is 0.859. The number of pyridine rings is 1. The number of nitrogens with one attached hydrogen (secondary N) is 2. The minimum absolute atomic E-state index is 0.260. The highest BCUT2D eigenvalue weighted by Gasteiger charge is 2.32. The van der Waals surface area contributed by atoms with Crippen molar-refractivity contribution in [3.8, 4) is 0 Å². The van der Waals surface area contributed by atoms with Crippen LogP contribution < -0.4 is 10.0 Å². The summed E-state index contributed by atoms with van der Waals surface area (Å²) in [5.74, 6) is 0.419. The molecule has 0 aliphatic carbocycles. The summed E-state index contributed by atoms with van der Waals surface area (Å²) >= 11 is 0. The van der Waals surface area contributed by atoms with E-state index in [2.05, 4.69) is 15.0 Å². The van der Waals surface area contributed by atoms with Gasteiger partial charge in [-0.25, -0.2) is 13.1 Å². The van der Waals surface area contributed by atoms with Crippen LogP contribution in [0.5, 0.6) is 0 Å². The number of nitrogens with zero attached hydrogens (tertiary/aromatic N) is 1. The second-order valence-electron chi connectivity index (χ2n) is 5.28. The number of halogens is 3. The topological polar surface area (TPSA) is 71.1 Å². The number of sulfonamides is 1. The standard InChI is InChI=1S/C13H18F3N3O2S/c14-13(15,16)12-4-3-11(9-18-12)22(20,21)19-7-5-10-2-1-6-17-8-10/h3-4,9-10,17,19H,1-2,5-8H2. The molecule has 0 aromatic carbocycles. The number of alkyl halides is 3. The van der Waals surface area contributed by atoms with Crippen molar-refractivity contribution in [2.24, 2.45) is 5.92 Å². The second-order valence-corrected chi connectivity index (χ2v) is 7.04. The molecule has 1 aliphatic rings. The number of aromatic nitrogens is 1. The molecule has 1 atom stereocenters. The van der Waals surface area contributed by atoms with Crippen molar-refractivity contribution in [1.29, 1.82) is 0 Å². The van der Waals surface area contributed by atoms with E-state index in [0.717, 1.165) is 38.2 Å². The second kappa shape index (κ2) is 6.93. The van der Waals surface area contributed by atoms with E-state index >= 15 is 0 Å². The van der Waals surface area contributed by atoms with Gasteiger partial charge in [-0.3, -0.25) is 4.98 Å². The molecule has 1 fully saturated rings. The van der Waals surface area contributed by atoms with Crippen molar-refractivity contribution < 1.29 is 21.6 Å². The van der Waals surface area contributed by atoms with Crippen LogP contribution in [-0.2, 0) is 16.2 Å². The molecule has 22 heavy (non-hydrogen) atoms. The lowest BCUT2D eigenvalue weighted by Crippen LogP contribution is -2.33. The van der Waals surface area contributed by atoms with Gasteiger partial charge in [-0.05, 0) is 50.4 Å². The smallest absolute Gasteiger partial charge is 0.316 e. The number of rotatable bonds is 5. The number of piperidine rings is 1. The number of hydrogen-bond donors (Lipinski definition) is 2. The van der Waals surface area contributed by atoms with Gasteiger partial charge in [-0.15, -0.1) is 0 Å². The van der Waals surface area contributed by atoms with Crippen LogP contribution in [0.1, 0.15) is 25.0 Å². The molecule has 0 radical (unpaired) electrons. The first-order valence-corrected chi connectivity index (χ1v) is 8.51. The summed E-state index contributed by atoms with van der Waals surface area (Å²) in [7, 11) is -3.82. The molecule has 0 saturated carbocycles. The summed E-state index contributed by atoms with van der Waals surface area (Å²) < 4.78 is 63.6. The lowest BCUT2D eigenvalue weighted by molar-refractivity contribution is -0.141. The van der Waals surface area contributed by atoms with Crippen molar-refractivity contribution in [2.45, 2.75) is 30.3 Å². The van der Waals surface area contributed by atoms with Crippen LogP contribution in [0.15, 0.2) is 23.2 Å². The maximum absolute atomic E-state index is 12.4. The minimum Gasteiger partial charge on any atom is -0.316 e. The van der Waals surface area contributed by atoms with Gasteiger partial charge in [-0.1, -0.05) is 0 Å². The molecule has 1 saturated heterocycles. The monoisotopic (exact) mass is 337 g/mol. The van der Waals surface area contributed by atoms with E-state index in [0.29, 0.717) is 18.4 Å². The van der Waals surface area contributed by atoms with E-state index in [1.165, 1.54) is 0 Å². The SMILES string of the molecule is O=S(=O)(NCCC1CCCNC1)c1ccc(C(F)(F)F)nc1. The van der Waals surface area contributed by atoms with E-state index in [1.807, 2.05) is 0 Å². The summed E-state index contributed by atoms with van der Waals surface area (Å²) in [6, 6.07) is 1.58. The maximum Gasteiger partial charge on any atom is 0.433 e. The molecule has 2 N–H and O–H groups in total. The van der Waals surface area contributed by atoms with Crippen LogP contribution in [0, 0.1) is 5.92 Å². The van der Waals surface area contributed by atoms with Gasteiger partial charge in [0.2, 0.25) is 10.0 Å². The Labute approximate surface area is 127 Å². The van der Waals surface area contributed by atoms with Gasteiger partial charge < -0.3 is 5.32 Å². The molecule has 1 unspecified atom stereocenters. The average molecular weight is 337 g/mol. The molecule has 1 aromatic heterocycles. The first-order chi connectivity index (χ1) is 10.3. The van der Waals surface area contributed by atoms with E-state index in [-0.39, 0.29) is 11.4 Å². The van der Waals surface area contributed by atoms with Crippen LogP contribution in [0.4, 0.5) is 13.2 Å². The molecule has 0 amide bonds. The summed E-state index contributed by atoms with van der Waals surface area (Å²) in [6.45, 7) is 2.11. The van der Waals surface area contributed by atoms with Gasteiger partial charge in [0, 0.05) is 12.7 Å². The predicted octanol–water partition coefficient (Wildman–Crippen LogP) is 1.77. The van der Waals surface area contributed by atoms with Crippen LogP contribution in [0.3, 0.4) is 0 Å². The lowest BCUT2D eigenvalue weighted by atomic mass is 9.96. The Balaban J connectivity index is 1.92. The van der Waals surface area contributed by atoms with Gasteiger partial charge in [0.25, 0.3) is 0 Å². The molecule has 2 heterocycles. The first-order valence-electron chi connectivity index (χ1n) is 7.03. The Hall–Kier alpha value is -1.19. The highest BCUT2D eigenvalue weighted by Crippen LogP contribution is 2.27. The molecular formula is C13H18F3N3O2S. The van der Waals surface area contributed by atoms with Crippen molar-refractivity contribution in [3.05, 3.63) is 24.0 Å². The molecule has 5 nitrogen and oxygen atoms in total. The number of hydrogen-bond acceptors (Lipinski definition) is 4. The van der Waals surface area contributed by atoms with Gasteiger partial charge >= 0.3 is 6.18 Å². The molecule has 2 rings (SSSR count).